The molecular formula is C14H11BrN+. The van der Waals surface area contributed by atoms with Crippen molar-refractivity contribution in [1.82, 2.24) is 0 Å². The molecule has 16 heavy (non-hydrogen) atoms. The summed E-state index contributed by atoms with van der Waals surface area (Å²) < 4.78 is 3.30. The van der Waals surface area contributed by atoms with Gasteiger partial charge in [0.1, 0.15) is 0 Å². The predicted octanol–water partition coefficient (Wildman–Crippen LogP) is 3.65. The fourth-order valence-electron chi connectivity index (χ4n) is 2.14. The Morgan fingerprint density at radius 2 is 2.00 bits per heavy atom. The van der Waals surface area contributed by atoms with Gasteiger partial charge in [-0.3, -0.25) is 0 Å². The van der Waals surface area contributed by atoms with Crippen molar-refractivity contribution < 1.29 is 4.40 Å². The zero-order valence-electron chi connectivity index (χ0n) is 8.94. The Morgan fingerprint density at radius 1 is 1.12 bits per heavy atom. The van der Waals surface area contributed by atoms with E-state index in [0.29, 0.717) is 0 Å². The monoisotopic (exact) mass is 272 g/mol. The first-order valence-electron chi connectivity index (χ1n) is 5.24. The lowest BCUT2D eigenvalue weighted by Crippen LogP contribution is -2.21. The molecule has 3 aromatic rings. The molecule has 0 aliphatic heterocycles. The topological polar surface area (TPSA) is 4.10 Å². The van der Waals surface area contributed by atoms with Crippen LogP contribution in [-0.4, -0.2) is 0 Å². The predicted molar refractivity (Wildman–Crippen MR) is 69.5 cm³/mol. The van der Waals surface area contributed by atoms with E-state index in [-0.39, 0.29) is 0 Å². The highest BCUT2D eigenvalue weighted by molar-refractivity contribution is 9.10. The molecule has 0 saturated carbocycles. The van der Waals surface area contributed by atoms with Crippen molar-refractivity contribution >= 4 is 32.2 Å². The van der Waals surface area contributed by atoms with Crippen molar-refractivity contribution in [3.63, 3.8) is 0 Å². The summed E-state index contributed by atoms with van der Waals surface area (Å²) in [5.74, 6) is 0. The van der Waals surface area contributed by atoms with E-state index in [0.717, 1.165) is 4.47 Å². The number of aromatic nitrogens is 1. The van der Waals surface area contributed by atoms with Crippen LogP contribution < -0.4 is 4.40 Å². The zero-order valence-corrected chi connectivity index (χ0v) is 10.5. The van der Waals surface area contributed by atoms with E-state index in [1.165, 1.54) is 21.9 Å². The van der Waals surface area contributed by atoms with E-state index in [2.05, 4.69) is 76.0 Å². The summed E-state index contributed by atoms with van der Waals surface area (Å²) in [4.78, 5) is 0. The first kappa shape index (κ1) is 9.79. The summed E-state index contributed by atoms with van der Waals surface area (Å²) in [5.41, 5.74) is 2.58. The number of benzene rings is 1. The van der Waals surface area contributed by atoms with E-state index in [1.54, 1.807) is 0 Å². The van der Waals surface area contributed by atoms with Gasteiger partial charge in [0.15, 0.2) is 12.4 Å². The van der Waals surface area contributed by atoms with Crippen LogP contribution in [0.15, 0.2) is 53.3 Å². The molecule has 2 heteroatoms. The fraction of sp³-hybridized carbons (Fsp3) is 0.0714. The van der Waals surface area contributed by atoms with Crippen LogP contribution >= 0.6 is 15.9 Å². The Bertz CT molecular complexity index is 689. The maximum Gasteiger partial charge on any atom is 0.214 e. The molecule has 0 saturated heterocycles. The summed E-state index contributed by atoms with van der Waals surface area (Å²) in [5, 5.41) is 2.57. The molecule has 0 unspecified atom stereocenters. The molecule has 1 aromatic carbocycles. The van der Waals surface area contributed by atoms with E-state index >= 15 is 0 Å². The zero-order chi connectivity index (χ0) is 11.1. The number of rotatable bonds is 0. The Balaban J connectivity index is 2.56. The molecule has 0 fully saturated rings. The Hall–Kier alpha value is -1.41. The molecule has 78 valence electrons. The standard InChI is InChI=1S/C14H11BrN/c1-10-13-8-12(15)6-5-11(13)9-16-7-3-2-4-14(10)16/h2-9H,1H3/q+1. The number of hydrogen-bond acceptors (Lipinski definition) is 0. The third-order valence-electron chi connectivity index (χ3n) is 2.97. The molecule has 0 aliphatic rings. The summed E-state index contributed by atoms with van der Waals surface area (Å²) in [6, 6.07) is 12.7. The van der Waals surface area contributed by atoms with Gasteiger partial charge in [0.05, 0.1) is 0 Å². The lowest BCUT2D eigenvalue weighted by molar-refractivity contribution is -0.510. The number of nitrogens with zero attached hydrogens (tertiary/aromatic N) is 1. The number of halogens is 1. The molecule has 2 aromatic heterocycles. The highest BCUT2D eigenvalue weighted by atomic mass is 79.9. The van der Waals surface area contributed by atoms with Crippen LogP contribution in [0.3, 0.4) is 0 Å². The Kier molecular flexibility index (Phi) is 2.18. The minimum absolute atomic E-state index is 1.13. The van der Waals surface area contributed by atoms with E-state index in [9.17, 15) is 0 Å². The van der Waals surface area contributed by atoms with Crippen molar-refractivity contribution in [2.45, 2.75) is 6.92 Å². The van der Waals surface area contributed by atoms with Gasteiger partial charge in [-0.25, -0.2) is 0 Å². The van der Waals surface area contributed by atoms with Gasteiger partial charge in [-0.15, -0.1) is 0 Å². The molecule has 2 heterocycles. The van der Waals surface area contributed by atoms with Crippen LogP contribution in [0.5, 0.6) is 0 Å². The van der Waals surface area contributed by atoms with Gasteiger partial charge in [0.2, 0.25) is 5.52 Å². The molecule has 0 aliphatic carbocycles. The molecule has 0 atom stereocenters. The summed E-state index contributed by atoms with van der Waals surface area (Å²) in [6.45, 7) is 2.17. The first-order valence-corrected chi connectivity index (χ1v) is 6.04. The van der Waals surface area contributed by atoms with Crippen molar-refractivity contribution in [3.05, 3.63) is 58.8 Å². The highest BCUT2D eigenvalue weighted by Crippen LogP contribution is 2.23. The van der Waals surface area contributed by atoms with Gasteiger partial charge in [-0.05, 0) is 36.6 Å². The van der Waals surface area contributed by atoms with E-state index in [4.69, 9.17) is 0 Å². The van der Waals surface area contributed by atoms with Crippen LogP contribution in [0.1, 0.15) is 5.56 Å². The number of pyridine rings is 2. The van der Waals surface area contributed by atoms with Crippen molar-refractivity contribution in [1.29, 1.82) is 0 Å². The molecule has 0 N–H and O–H groups in total. The average Bonchev–Trinajstić information content (AvgIpc) is 2.31. The number of fused-ring (bicyclic) bond motifs is 2. The van der Waals surface area contributed by atoms with Crippen LogP contribution in [0, 0.1) is 6.92 Å². The maximum absolute atomic E-state index is 3.52. The third-order valence-corrected chi connectivity index (χ3v) is 3.47. The minimum Gasteiger partial charge on any atom is -0.166 e. The van der Waals surface area contributed by atoms with Gasteiger partial charge < -0.3 is 0 Å². The van der Waals surface area contributed by atoms with Gasteiger partial charge in [0.25, 0.3) is 0 Å². The van der Waals surface area contributed by atoms with Crippen molar-refractivity contribution in [2.75, 3.05) is 0 Å². The van der Waals surface area contributed by atoms with Crippen LogP contribution in [-0.2, 0) is 0 Å². The van der Waals surface area contributed by atoms with Gasteiger partial charge >= 0.3 is 0 Å². The molecule has 1 nitrogen and oxygen atoms in total. The van der Waals surface area contributed by atoms with Crippen LogP contribution in [0.2, 0.25) is 0 Å². The fourth-order valence-corrected chi connectivity index (χ4v) is 2.50. The van der Waals surface area contributed by atoms with Gasteiger partial charge in [-0.1, -0.05) is 15.9 Å². The summed E-state index contributed by atoms with van der Waals surface area (Å²) in [6.07, 6.45) is 4.26. The molecule has 0 radical (unpaired) electrons. The molecule has 0 bridgehead atoms. The molecule has 0 amide bonds. The molecule has 3 rings (SSSR count). The lowest BCUT2D eigenvalue weighted by Gasteiger charge is -2.02. The number of aryl methyl sites for hydroxylation is 1. The smallest absolute Gasteiger partial charge is 0.166 e. The summed E-state index contributed by atoms with van der Waals surface area (Å²) >= 11 is 3.52. The normalized spacial score (nSPS) is 11.1. The first-order chi connectivity index (χ1) is 7.75. The van der Waals surface area contributed by atoms with Gasteiger partial charge in [-0.2, -0.15) is 4.40 Å². The average molecular weight is 273 g/mol. The quantitative estimate of drug-likeness (QED) is 0.435. The second-order valence-electron chi connectivity index (χ2n) is 3.98. The SMILES string of the molecule is Cc1c2cc(Br)ccc2c[n+]2ccccc12. The van der Waals surface area contributed by atoms with Crippen molar-refractivity contribution in [2.24, 2.45) is 0 Å². The van der Waals surface area contributed by atoms with Crippen LogP contribution in [0.4, 0.5) is 0 Å². The third kappa shape index (κ3) is 1.41. The largest absolute Gasteiger partial charge is 0.214 e. The Labute approximate surface area is 102 Å². The number of hydrogen-bond donors (Lipinski definition) is 0. The van der Waals surface area contributed by atoms with Crippen molar-refractivity contribution in [3.8, 4) is 0 Å². The van der Waals surface area contributed by atoms with Gasteiger partial charge in [0, 0.05) is 27.6 Å². The Morgan fingerprint density at radius 3 is 2.88 bits per heavy atom. The van der Waals surface area contributed by atoms with E-state index < -0.39 is 0 Å². The second-order valence-corrected chi connectivity index (χ2v) is 4.89. The molecule has 0 spiro atoms. The van der Waals surface area contributed by atoms with E-state index in [1.807, 2.05) is 0 Å². The highest BCUT2D eigenvalue weighted by Gasteiger charge is 2.09. The minimum atomic E-state index is 1.13. The summed E-state index contributed by atoms with van der Waals surface area (Å²) in [7, 11) is 0. The second kappa shape index (κ2) is 3.56. The lowest BCUT2D eigenvalue weighted by atomic mass is 10.1. The van der Waals surface area contributed by atoms with Crippen LogP contribution in [0.25, 0.3) is 16.3 Å². The molecular weight excluding hydrogens is 262 g/mol. The maximum atomic E-state index is 3.52.